The van der Waals surface area contributed by atoms with Crippen LogP contribution in [0.3, 0.4) is 0 Å². The fraction of sp³-hybridized carbons (Fsp3) is 0.533. The third-order valence-corrected chi connectivity index (χ3v) is 6.04. The molecular formula is C30H44N2O2. The maximum absolute atomic E-state index is 11.9. The highest BCUT2D eigenvalue weighted by atomic mass is 16.5. The van der Waals surface area contributed by atoms with Crippen LogP contribution in [-0.4, -0.2) is 17.5 Å². The van der Waals surface area contributed by atoms with Crippen molar-refractivity contribution in [2.45, 2.75) is 97.0 Å². The van der Waals surface area contributed by atoms with Crippen molar-refractivity contribution < 1.29 is 9.53 Å². The summed E-state index contributed by atoms with van der Waals surface area (Å²) in [5.74, 6) is -0.353. The molecule has 0 fully saturated rings. The van der Waals surface area contributed by atoms with E-state index in [4.69, 9.17) is 4.74 Å². The first-order valence-corrected chi connectivity index (χ1v) is 13.4. The van der Waals surface area contributed by atoms with Crippen molar-refractivity contribution in [3.05, 3.63) is 66.0 Å². The summed E-state index contributed by atoms with van der Waals surface area (Å²) in [6, 6.07) is 11.8. The van der Waals surface area contributed by atoms with E-state index in [2.05, 4.69) is 29.4 Å². The summed E-state index contributed by atoms with van der Waals surface area (Å²) in [6.07, 6.45) is 24.6. The first-order chi connectivity index (χ1) is 16.8. The summed E-state index contributed by atoms with van der Waals surface area (Å²) >= 11 is 0. The van der Waals surface area contributed by atoms with Crippen LogP contribution < -0.4 is 5.32 Å². The van der Waals surface area contributed by atoms with Crippen molar-refractivity contribution in [1.29, 1.82) is 0 Å². The molecule has 186 valence electrons. The Morgan fingerprint density at radius 1 is 0.853 bits per heavy atom. The van der Waals surface area contributed by atoms with Crippen LogP contribution in [0.25, 0.3) is 6.08 Å². The number of benzene rings is 1. The van der Waals surface area contributed by atoms with Crippen molar-refractivity contribution >= 4 is 17.7 Å². The number of carbonyl (C=O) groups excluding carboxylic acids is 1. The molecular weight excluding hydrogens is 420 g/mol. The Kier molecular flexibility index (Phi) is 15.2. The molecule has 34 heavy (non-hydrogen) atoms. The van der Waals surface area contributed by atoms with E-state index in [9.17, 15) is 4.79 Å². The van der Waals surface area contributed by atoms with E-state index in [1.54, 1.807) is 18.5 Å². The van der Waals surface area contributed by atoms with Crippen LogP contribution in [0.4, 0.5) is 5.69 Å². The molecule has 0 aliphatic carbocycles. The number of esters is 1. The first-order valence-electron chi connectivity index (χ1n) is 13.4. The lowest BCUT2D eigenvalue weighted by Gasteiger charge is -2.07. The maximum atomic E-state index is 11.9. The van der Waals surface area contributed by atoms with E-state index in [-0.39, 0.29) is 12.6 Å². The number of ether oxygens (including phenoxy) is 1. The fourth-order valence-electron chi connectivity index (χ4n) is 3.94. The van der Waals surface area contributed by atoms with Gasteiger partial charge in [-0.25, -0.2) is 4.79 Å². The zero-order valence-corrected chi connectivity index (χ0v) is 21.1. The van der Waals surface area contributed by atoms with Gasteiger partial charge in [0.15, 0.2) is 0 Å². The Bertz CT molecular complexity index is 787. The van der Waals surface area contributed by atoms with Gasteiger partial charge in [-0.05, 0) is 36.3 Å². The highest BCUT2D eigenvalue weighted by Gasteiger charge is 1.99. The van der Waals surface area contributed by atoms with Gasteiger partial charge in [-0.15, -0.1) is 0 Å². The summed E-state index contributed by atoms with van der Waals surface area (Å²) in [6.45, 7) is 3.52. The fourth-order valence-corrected chi connectivity index (χ4v) is 3.94. The number of hydrogen-bond donors (Lipinski definition) is 1. The molecule has 0 amide bonds. The minimum atomic E-state index is -0.353. The average molecular weight is 465 g/mol. The molecule has 4 heteroatoms. The van der Waals surface area contributed by atoms with E-state index in [0.29, 0.717) is 0 Å². The van der Waals surface area contributed by atoms with Gasteiger partial charge in [-0.2, -0.15) is 0 Å². The normalized spacial score (nSPS) is 11.1. The average Bonchev–Trinajstić information content (AvgIpc) is 2.87. The standard InChI is InChI=1S/C30H44N2O2/c1-2-3-4-5-6-7-8-9-10-11-12-13-14-24-32-29-20-17-27(18-21-29)19-22-30(33)34-26-28-16-15-23-31-25-28/h15-23,25,32H,2-14,24,26H2,1H3. The quantitative estimate of drug-likeness (QED) is 0.129. The summed E-state index contributed by atoms with van der Waals surface area (Å²) in [5.41, 5.74) is 2.98. The van der Waals surface area contributed by atoms with Gasteiger partial charge in [0, 0.05) is 36.3 Å². The Hall–Kier alpha value is -2.62. The Labute approximate surface area is 207 Å². The Morgan fingerprint density at radius 2 is 1.47 bits per heavy atom. The van der Waals surface area contributed by atoms with Gasteiger partial charge in [0.1, 0.15) is 6.61 Å². The number of anilines is 1. The van der Waals surface area contributed by atoms with E-state index >= 15 is 0 Å². The summed E-state index contributed by atoms with van der Waals surface area (Å²) in [5, 5.41) is 3.49. The van der Waals surface area contributed by atoms with Gasteiger partial charge in [-0.1, -0.05) is 102 Å². The molecule has 0 unspecified atom stereocenters. The molecule has 1 aromatic carbocycles. The van der Waals surface area contributed by atoms with Gasteiger partial charge in [0.2, 0.25) is 0 Å². The van der Waals surface area contributed by atoms with Crippen molar-refractivity contribution in [3.63, 3.8) is 0 Å². The lowest BCUT2D eigenvalue weighted by atomic mass is 10.0. The second kappa shape index (κ2) is 18.8. The van der Waals surface area contributed by atoms with Crippen LogP contribution >= 0.6 is 0 Å². The van der Waals surface area contributed by atoms with Crippen LogP contribution in [0.2, 0.25) is 0 Å². The molecule has 4 nitrogen and oxygen atoms in total. The molecule has 1 heterocycles. The van der Waals surface area contributed by atoms with Crippen LogP contribution in [0.15, 0.2) is 54.9 Å². The van der Waals surface area contributed by atoms with Gasteiger partial charge >= 0.3 is 5.97 Å². The van der Waals surface area contributed by atoms with Gasteiger partial charge < -0.3 is 10.1 Å². The lowest BCUT2D eigenvalue weighted by molar-refractivity contribution is -0.138. The van der Waals surface area contributed by atoms with E-state index < -0.39 is 0 Å². The highest BCUT2D eigenvalue weighted by Crippen LogP contribution is 2.14. The molecule has 0 aliphatic heterocycles. The molecule has 0 bridgehead atoms. The third kappa shape index (κ3) is 13.8. The van der Waals surface area contributed by atoms with E-state index in [1.807, 2.05) is 24.3 Å². The van der Waals surface area contributed by atoms with Crippen LogP contribution in [0, 0.1) is 0 Å². The van der Waals surface area contributed by atoms with E-state index in [1.165, 1.54) is 89.5 Å². The summed E-state index contributed by atoms with van der Waals surface area (Å²) in [7, 11) is 0. The number of unbranched alkanes of at least 4 members (excludes halogenated alkanes) is 12. The van der Waals surface area contributed by atoms with E-state index in [0.717, 1.165) is 23.4 Å². The summed E-state index contributed by atoms with van der Waals surface area (Å²) in [4.78, 5) is 15.9. The predicted octanol–water partition coefficient (Wildman–Crippen LogP) is 8.34. The zero-order valence-electron chi connectivity index (χ0n) is 21.1. The number of rotatable bonds is 19. The SMILES string of the molecule is CCCCCCCCCCCCCCCNc1ccc(C=CC(=O)OCc2cccnc2)cc1. The number of hydrogen-bond acceptors (Lipinski definition) is 4. The number of carbonyl (C=O) groups is 1. The number of nitrogens with one attached hydrogen (secondary N) is 1. The molecule has 0 atom stereocenters. The van der Waals surface area contributed by atoms with Crippen LogP contribution in [-0.2, 0) is 16.1 Å². The molecule has 1 N–H and O–H groups in total. The monoisotopic (exact) mass is 464 g/mol. The number of aromatic nitrogens is 1. The number of pyridine rings is 1. The molecule has 0 radical (unpaired) electrons. The van der Waals surface area contributed by atoms with Crippen molar-refractivity contribution in [3.8, 4) is 0 Å². The largest absolute Gasteiger partial charge is 0.458 e. The van der Waals surface area contributed by atoms with Gasteiger partial charge in [0.05, 0.1) is 0 Å². The predicted molar refractivity (Wildman–Crippen MR) is 144 cm³/mol. The molecule has 0 spiro atoms. The molecule has 0 saturated carbocycles. The van der Waals surface area contributed by atoms with Crippen molar-refractivity contribution in [2.24, 2.45) is 0 Å². The first kappa shape index (κ1) is 27.6. The number of nitrogens with zero attached hydrogens (tertiary/aromatic N) is 1. The van der Waals surface area contributed by atoms with Crippen LogP contribution in [0.1, 0.15) is 102 Å². The maximum Gasteiger partial charge on any atom is 0.331 e. The van der Waals surface area contributed by atoms with Crippen molar-refractivity contribution in [2.75, 3.05) is 11.9 Å². The van der Waals surface area contributed by atoms with Gasteiger partial charge in [-0.3, -0.25) is 4.98 Å². The Balaban J connectivity index is 1.45. The minimum absolute atomic E-state index is 0.235. The molecule has 0 aliphatic rings. The summed E-state index contributed by atoms with van der Waals surface area (Å²) < 4.78 is 5.23. The second-order valence-electron chi connectivity index (χ2n) is 9.09. The van der Waals surface area contributed by atoms with Crippen LogP contribution in [0.5, 0.6) is 0 Å². The Morgan fingerprint density at radius 3 is 2.06 bits per heavy atom. The van der Waals surface area contributed by atoms with Gasteiger partial charge in [0.25, 0.3) is 0 Å². The second-order valence-corrected chi connectivity index (χ2v) is 9.09. The molecule has 0 saturated heterocycles. The minimum Gasteiger partial charge on any atom is -0.458 e. The molecule has 1 aromatic heterocycles. The molecule has 2 aromatic rings. The molecule has 2 rings (SSSR count). The topological polar surface area (TPSA) is 51.2 Å². The van der Waals surface area contributed by atoms with Crippen molar-refractivity contribution in [1.82, 2.24) is 4.98 Å². The third-order valence-electron chi connectivity index (χ3n) is 6.04. The smallest absolute Gasteiger partial charge is 0.331 e. The lowest BCUT2D eigenvalue weighted by Crippen LogP contribution is -2.01. The highest BCUT2D eigenvalue weighted by molar-refractivity contribution is 5.87. The zero-order chi connectivity index (χ0) is 24.1.